The molecule has 0 atom stereocenters. The number of likely N-dealkylation sites (tertiary alicyclic amines) is 1. The summed E-state index contributed by atoms with van der Waals surface area (Å²) in [5.74, 6) is -0.206. The predicted molar refractivity (Wildman–Crippen MR) is 111 cm³/mol. The number of hydrogen-bond donors (Lipinski definition) is 1. The fourth-order valence-corrected chi connectivity index (χ4v) is 3.98. The third-order valence-electron chi connectivity index (χ3n) is 5.15. The number of nitrogens with zero attached hydrogens (tertiary/aromatic N) is 3. The minimum absolute atomic E-state index is 0.0691. The van der Waals surface area contributed by atoms with Crippen molar-refractivity contribution in [2.24, 2.45) is 0 Å². The molecular formula is C19H26ClFN4OS. The fraction of sp³-hybridized carbons (Fsp3) is 0.579. The molecule has 148 valence electrons. The van der Waals surface area contributed by atoms with Crippen molar-refractivity contribution in [1.82, 2.24) is 14.7 Å². The van der Waals surface area contributed by atoms with Gasteiger partial charge in [-0.05, 0) is 43.3 Å². The second-order valence-electron chi connectivity index (χ2n) is 7.12. The maximum atomic E-state index is 13.3. The minimum Gasteiger partial charge on any atom is -0.346 e. The lowest BCUT2D eigenvalue weighted by Crippen LogP contribution is -2.52. The Hall–Kier alpha value is -1.44. The first-order valence-electron chi connectivity index (χ1n) is 9.54. The van der Waals surface area contributed by atoms with Gasteiger partial charge >= 0.3 is 0 Å². The highest BCUT2D eigenvalue weighted by Gasteiger charge is 2.23. The highest BCUT2D eigenvalue weighted by molar-refractivity contribution is 7.80. The maximum Gasteiger partial charge on any atom is 0.236 e. The molecule has 27 heavy (non-hydrogen) atoms. The van der Waals surface area contributed by atoms with Crippen LogP contribution in [0.3, 0.4) is 0 Å². The van der Waals surface area contributed by atoms with Gasteiger partial charge in [0.25, 0.3) is 0 Å². The first-order valence-corrected chi connectivity index (χ1v) is 10.3. The summed E-state index contributed by atoms with van der Waals surface area (Å²) in [6, 6.07) is 4.46. The van der Waals surface area contributed by atoms with Crippen molar-refractivity contribution in [1.29, 1.82) is 0 Å². The summed E-state index contributed by atoms with van der Waals surface area (Å²) in [5, 5.41) is 3.77. The van der Waals surface area contributed by atoms with E-state index in [4.69, 9.17) is 23.8 Å². The molecule has 2 saturated heterocycles. The first-order chi connectivity index (χ1) is 13.0. The fourth-order valence-electron chi connectivity index (χ4n) is 3.50. The number of amides is 1. The summed E-state index contributed by atoms with van der Waals surface area (Å²) < 4.78 is 13.3. The molecule has 2 aliphatic heterocycles. The van der Waals surface area contributed by atoms with E-state index in [1.807, 2.05) is 4.90 Å². The van der Waals surface area contributed by atoms with Gasteiger partial charge in [-0.2, -0.15) is 0 Å². The number of nitrogens with one attached hydrogen (secondary N) is 1. The molecule has 0 saturated carbocycles. The van der Waals surface area contributed by atoms with Gasteiger partial charge in [0.05, 0.1) is 11.6 Å². The number of rotatable bonds is 3. The maximum absolute atomic E-state index is 13.3. The molecule has 0 aromatic heterocycles. The van der Waals surface area contributed by atoms with Gasteiger partial charge in [-0.15, -0.1) is 0 Å². The van der Waals surface area contributed by atoms with Crippen molar-refractivity contribution in [2.75, 3.05) is 51.1 Å². The zero-order valence-electron chi connectivity index (χ0n) is 15.4. The van der Waals surface area contributed by atoms with Crippen LogP contribution in [0.1, 0.15) is 25.7 Å². The highest BCUT2D eigenvalue weighted by atomic mass is 35.5. The van der Waals surface area contributed by atoms with Crippen LogP contribution in [0.25, 0.3) is 0 Å². The van der Waals surface area contributed by atoms with E-state index < -0.39 is 5.82 Å². The SMILES string of the molecule is O=C(CN1CCN(C(=S)Nc2ccc(F)c(Cl)c2)CC1)N1CCCCCC1. The van der Waals surface area contributed by atoms with E-state index in [0.717, 1.165) is 52.1 Å². The Labute approximate surface area is 170 Å². The number of thiocarbonyl (C=S) groups is 1. The van der Waals surface area contributed by atoms with Gasteiger partial charge in [-0.1, -0.05) is 24.4 Å². The van der Waals surface area contributed by atoms with Crippen LogP contribution in [-0.4, -0.2) is 71.5 Å². The summed E-state index contributed by atoms with van der Waals surface area (Å²) in [6.45, 7) is 5.39. The van der Waals surface area contributed by atoms with Crippen LogP contribution in [0.15, 0.2) is 18.2 Å². The number of carbonyl (C=O) groups is 1. The van der Waals surface area contributed by atoms with Gasteiger partial charge in [0.15, 0.2) is 5.11 Å². The van der Waals surface area contributed by atoms with Crippen LogP contribution in [0, 0.1) is 5.82 Å². The minimum atomic E-state index is -0.448. The number of hydrogen-bond acceptors (Lipinski definition) is 3. The Kier molecular flexibility index (Phi) is 7.26. The topological polar surface area (TPSA) is 38.8 Å². The molecule has 1 aromatic rings. The van der Waals surface area contributed by atoms with E-state index in [0.29, 0.717) is 17.3 Å². The lowest BCUT2D eigenvalue weighted by molar-refractivity contribution is -0.132. The predicted octanol–water partition coefficient (Wildman–Crippen LogP) is 3.20. The number of carbonyl (C=O) groups excluding carboxylic acids is 1. The van der Waals surface area contributed by atoms with E-state index in [1.54, 1.807) is 6.07 Å². The van der Waals surface area contributed by atoms with Crippen LogP contribution in [0.5, 0.6) is 0 Å². The molecule has 2 fully saturated rings. The molecule has 5 nitrogen and oxygen atoms in total. The zero-order valence-corrected chi connectivity index (χ0v) is 17.0. The van der Waals surface area contributed by atoms with E-state index in [2.05, 4.69) is 15.1 Å². The smallest absolute Gasteiger partial charge is 0.236 e. The zero-order chi connectivity index (χ0) is 19.2. The normalized spacial score (nSPS) is 18.9. The van der Waals surface area contributed by atoms with Gasteiger partial charge in [0, 0.05) is 45.0 Å². The van der Waals surface area contributed by atoms with Crippen LogP contribution in [0.2, 0.25) is 5.02 Å². The van der Waals surface area contributed by atoms with Gasteiger partial charge in [-0.25, -0.2) is 4.39 Å². The van der Waals surface area contributed by atoms with Crippen molar-refractivity contribution in [3.63, 3.8) is 0 Å². The Morgan fingerprint density at radius 3 is 2.33 bits per heavy atom. The van der Waals surface area contributed by atoms with Crippen molar-refractivity contribution >= 4 is 40.5 Å². The molecule has 8 heteroatoms. The summed E-state index contributed by atoms with van der Waals surface area (Å²) in [4.78, 5) is 18.8. The van der Waals surface area contributed by atoms with Crippen LogP contribution >= 0.6 is 23.8 Å². The van der Waals surface area contributed by atoms with Crippen LogP contribution < -0.4 is 5.32 Å². The summed E-state index contributed by atoms with van der Waals surface area (Å²) >= 11 is 11.3. The molecule has 1 amide bonds. The molecule has 0 bridgehead atoms. The number of anilines is 1. The Bertz CT molecular complexity index is 674. The van der Waals surface area contributed by atoms with E-state index in [-0.39, 0.29) is 10.9 Å². The van der Waals surface area contributed by atoms with Gasteiger partial charge in [0.1, 0.15) is 5.82 Å². The van der Waals surface area contributed by atoms with Crippen LogP contribution in [-0.2, 0) is 4.79 Å². The molecular weight excluding hydrogens is 387 g/mol. The second kappa shape index (κ2) is 9.66. The molecule has 2 heterocycles. The monoisotopic (exact) mass is 412 g/mol. The summed E-state index contributed by atoms with van der Waals surface area (Å²) in [6.07, 6.45) is 4.69. The standard InChI is InChI=1S/C19H26ClFN4OS/c20-16-13-15(5-6-17(16)21)22-19(27)25-11-9-23(10-12-25)14-18(26)24-7-3-1-2-4-8-24/h5-6,13H,1-4,7-12,14H2,(H,22,27). The van der Waals surface area contributed by atoms with Crippen molar-refractivity contribution < 1.29 is 9.18 Å². The van der Waals surface area contributed by atoms with Gasteiger partial charge in [0.2, 0.25) is 5.91 Å². The Morgan fingerprint density at radius 2 is 1.70 bits per heavy atom. The summed E-state index contributed by atoms with van der Waals surface area (Å²) in [7, 11) is 0. The molecule has 3 rings (SSSR count). The van der Waals surface area contributed by atoms with Crippen molar-refractivity contribution in [3.05, 3.63) is 29.0 Å². The second-order valence-corrected chi connectivity index (χ2v) is 7.91. The van der Waals surface area contributed by atoms with E-state index >= 15 is 0 Å². The van der Waals surface area contributed by atoms with E-state index in [1.165, 1.54) is 25.0 Å². The van der Waals surface area contributed by atoms with Gasteiger partial charge in [-0.3, -0.25) is 9.69 Å². The quantitative estimate of drug-likeness (QED) is 0.772. The number of benzene rings is 1. The van der Waals surface area contributed by atoms with Crippen molar-refractivity contribution in [2.45, 2.75) is 25.7 Å². The lowest BCUT2D eigenvalue weighted by atomic mass is 10.2. The van der Waals surface area contributed by atoms with Crippen LogP contribution in [0.4, 0.5) is 10.1 Å². The molecule has 0 aliphatic carbocycles. The van der Waals surface area contributed by atoms with Gasteiger partial charge < -0.3 is 15.1 Å². The van der Waals surface area contributed by atoms with Crippen molar-refractivity contribution in [3.8, 4) is 0 Å². The third kappa shape index (κ3) is 5.77. The Balaban J connectivity index is 1.44. The Morgan fingerprint density at radius 1 is 1.04 bits per heavy atom. The average Bonchev–Trinajstić information content (AvgIpc) is 2.95. The molecule has 0 unspecified atom stereocenters. The average molecular weight is 413 g/mol. The lowest BCUT2D eigenvalue weighted by Gasteiger charge is -2.36. The number of halogens is 2. The summed E-state index contributed by atoms with van der Waals surface area (Å²) in [5.41, 5.74) is 0.671. The highest BCUT2D eigenvalue weighted by Crippen LogP contribution is 2.20. The van der Waals surface area contributed by atoms with E-state index in [9.17, 15) is 9.18 Å². The molecule has 1 aromatic carbocycles. The molecule has 1 N–H and O–H groups in total. The first kappa shape index (κ1) is 20.3. The third-order valence-corrected chi connectivity index (χ3v) is 5.80. The number of piperazine rings is 1. The molecule has 2 aliphatic rings. The molecule has 0 radical (unpaired) electrons. The largest absolute Gasteiger partial charge is 0.346 e. The molecule has 0 spiro atoms.